The minimum atomic E-state index is -3.66. The van der Waals surface area contributed by atoms with Gasteiger partial charge in [-0.25, -0.2) is 16.8 Å². The molecule has 1 aliphatic rings. The molecule has 0 spiro atoms. The van der Waals surface area contributed by atoms with Crippen LogP contribution in [0.1, 0.15) is 12.5 Å². The molecule has 0 bridgehead atoms. The molecule has 0 N–H and O–H groups in total. The van der Waals surface area contributed by atoms with Gasteiger partial charge in [-0.2, -0.15) is 4.31 Å². The van der Waals surface area contributed by atoms with Crippen molar-refractivity contribution in [3.8, 4) is 5.75 Å². The predicted octanol–water partition coefficient (Wildman–Crippen LogP) is 2.10. The Morgan fingerprint density at radius 2 is 1.46 bits per heavy atom. The molecule has 8 heteroatoms. The predicted molar refractivity (Wildman–Crippen MR) is 98.5 cm³/mol. The number of hydrogen-bond donors (Lipinski definition) is 0. The first kappa shape index (κ1) is 18.9. The highest BCUT2D eigenvalue weighted by Crippen LogP contribution is 2.29. The summed E-state index contributed by atoms with van der Waals surface area (Å²) < 4.78 is 56.8. The number of aryl methyl sites for hydroxylation is 1. The van der Waals surface area contributed by atoms with E-state index in [0.29, 0.717) is 5.75 Å². The molecule has 1 aliphatic heterocycles. The lowest BCUT2D eigenvalue weighted by Crippen LogP contribution is -2.56. The first-order valence-electron chi connectivity index (χ1n) is 8.26. The number of sulfone groups is 1. The number of rotatable bonds is 6. The fourth-order valence-electron chi connectivity index (χ4n) is 2.80. The zero-order valence-corrected chi connectivity index (χ0v) is 16.3. The van der Waals surface area contributed by atoms with E-state index < -0.39 is 25.1 Å². The van der Waals surface area contributed by atoms with Gasteiger partial charge >= 0.3 is 0 Å². The van der Waals surface area contributed by atoms with Gasteiger partial charge < -0.3 is 4.74 Å². The van der Waals surface area contributed by atoms with E-state index in [9.17, 15) is 16.8 Å². The van der Waals surface area contributed by atoms with Crippen molar-refractivity contribution in [2.45, 2.75) is 28.4 Å². The van der Waals surface area contributed by atoms with E-state index in [1.807, 2.05) is 6.92 Å². The number of hydrogen-bond acceptors (Lipinski definition) is 5. The largest absolute Gasteiger partial charge is 0.497 e. The van der Waals surface area contributed by atoms with Crippen molar-refractivity contribution in [3.63, 3.8) is 0 Å². The maximum absolute atomic E-state index is 12.6. The van der Waals surface area contributed by atoms with Crippen LogP contribution < -0.4 is 4.74 Å². The van der Waals surface area contributed by atoms with Crippen molar-refractivity contribution >= 4 is 19.9 Å². The summed E-state index contributed by atoms with van der Waals surface area (Å²) in [4.78, 5) is 0.364. The molecule has 0 aromatic heterocycles. The molecule has 1 fully saturated rings. The third-order valence-corrected chi connectivity index (χ3v) is 8.56. The Balaban J connectivity index is 1.74. The molecule has 2 aromatic carbocycles. The Morgan fingerprint density at radius 1 is 0.923 bits per heavy atom. The van der Waals surface area contributed by atoms with E-state index in [2.05, 4.69) is 0 Å². The lowest BCUT2D eigenvalue weighted by atomic mass is 10.2. The topological polar surface area (TPSA) is 80.8 Å². The molecule has 1 heterocycles. The van der Waals surface area contributed by atoms with Gasteiger partial charge in [0.2, 0.25) is 10.0 Å². The molecule has 3 rings (SSSR count). The molecule has 0 amide bonds. The summed E-state index contributed by atoms with van der Waals surface area (Å²) in [5.41, 5.74) is 1.05. The van der Waals surface area contributed by atoms with E-state index in [4.69, 9.17) is 4.74 Å². The summed E-state index contributed by atoms with van der Waals surface area (Å²) in [6, 6.07) is 12.8. The maximum Gasteiger partial charge on any atom is 0.243 e. The fourth-order valence-corrected chi connectivity index (χ4v) is 6.17. The molecule has 26 heavy (non-hydrogen) atoms. The average Bonchev–Trinajstić information content (AvgIpc) is 2.60. The summed E-state index contributed by atoms with van der Waals surface area (Å²) in [5.74, 6) is 0.567. The van der Waals surface area contributed by atoms with Crippen LogP contribution in [0, 0.1) is 0 Å². The van der Waals surface area contributed by atoms with Crippen LogP contribution in [0.2, 0.25) is 0 Å². The van der Waals surface area contributed by atoms with Crippen LogP contribution in [0.5, 0.6) is 5.75 Å². The molecular weight excluding hydrogens is 374 g/mol. The van der Waals surface area contributed by atoms with Crippen LogP contribution in [0.3, 0.4) is 0 Å². The number of nitrogens with zero attached hydrogens (tertiary/aromatic N) is 1. The van der Waals surface area contributed by atoms with Crippen LogP contribution in [-0.4, -0.2) is 46.6 Å². The number of sulfonamides is 1. The van der Waals surface area contributed by atoms with Crippen LogP contribution in [0.25, 0.3) is 0 Å². The molecule has 0 saturated carbocycles. The van der Waals surface area contributed by atoms with Gasteiger partial charge in [0.1, 0.15) is 5.75 Å². The second-order valence-electron chi connectivity index (χ2n) is 6.16. The van der Waals surface area contributed by atoms with Gasteiger partial charge in [-0.1, -0.05) is 19.1 Å². The standard InChI is InChI=1S/C18H21NO5S2/c1-3-14-4-8-17(9-5-14)26(22,23)19-12-18(13-19)25(20,21)16-10-6-15(24-2)7-11-16/h4-11,18H,3,12-13H2,1-2H3. The molecule has 0 aliphatic carbocycles. The average molecular weight is 396 g/mol. The van der Waals surface area contributed by atoms with Crippen molar-refractivity contribution in [2.75, 3.05) is 20.2 Å². The van der Waals surface area contributed by atoms with E-state index in [0.717, 1.165) is 12.0 Å². The second kappa shape index (κ2) is 7.02. The van der Waals surface area contributed by atoms with E-state index in [1.165, 1.54) is 23.5 Å². The smallest absolute Gasteiger partial charge is 0.243 e. The molecule has 0 atom stereocenters. The number of methoxy groups -OCH3 is 1. The monoisotopic (exact) mass is 395 g/mol. The molecule has 140 valence electrons. The third-order valence-electron chi connectivity index (χ3n) is 4.61. The normalized spacial score (nSPS) is 16.2. The minimum absolute atomic E-state index is 0.0355. The van der Waals surface area contributed by atoms with Gasteiger partial charge in [-0.15, -0.1) is 0 Å². The molecule has 1 saturated heterocycles. The molecular formula is C18H21NO5S2. The second-order valence-corrected chi connectivity index (χ2v) is 10.3. The minimum Gasteiger partial charge on any atom is -0.497 e. The Kier molecular flexibility index (Phi) is 5.09. The van der Waals surface area contributed by atoms with Gasteiger partial charge in [0.25, 0.3) is 0 Å². The van der Waals surface area contributed by atoms with Gasteiger partial charge in [-0.3, -0.25) is 0 Å². The van der Waals surface area contributed by atoms with Crippen molar-refractivity contribution in [1.82, 2.24) is 4.31 Å². The molecule has 0 radical (unpaired) electrons. The van der Waals surface area contributed by atoms with E-state index >= 15 is 0 Å². The van der Waals surface area contributed by atoms with Crippen LogP contribution >= 0.6 is 0 Å². The highest BCUT2D eigenvalue weighted by molar-refractivity contribution is 7.92. The summed E-state index contributed by atoms with van der Waals surface area (Å²) in [7, 11) is -5.73. The van der Waals surface area contributed by atoms with Crippen molar-refractivity contribution in [3.05, 3.63) is 54.1 Å². The number of ether oxygens (including phenoxy) is 1. The third kappa shape index (κ3) is 3.36. The van der Waals surface area contributed by atoms with Gasteiger partial charge in [-0.05, 0) is 48.4 Å². The Labute approximate surface area is 154 Å². The van der Waals surface area contributed by atoms with Crippen molar-refractivity contribution in [1.29, 1.82) is 0 Å². The Bertz CT molecular complexity index is 893. The molecule has 2 aromatic rings. The van der Waals surface area contributed by atoms with Gasteiger partial charge in [0.15, 0.2) is 9.84 Å². The fraction of sp³-hybridized carbons (Fsp3) is 0.333. The Hall–Kier alpha value is -1.90. The van der Waals surface area contributed by atoms with Crippen molar-refractivity contribution < 1.29 is 21.6 Å². The van der Waals surface area contributed by atoms with E-state index in [1.54, 1.807) is 36.4 Å². The first-order chi connectivity index (χ1) is 12.3. The summed E-state index contributed by atoms with van der Waals surface area (Å²) in [5, 5.41) is -0.736. The highest BCUT2D eigenvalue weighted by atomic mass is 32.2. The van der Waals surface area contributed by atoms with Crippen LogP contribution in [0.4, 0.5) is 0 Å². The lowest BCUT2D eigenvalue weighted by Gasteiger charge is -2.37. The lowest BCUT2D eigenvalue weighted by molar-refractivity contribution is 0.309. The van der Waals surface area contributed by atoms with Gasteiger partial charge in [0.05, 0.1) is 22.2 Å². The van der Waals surface area contributed by atoms with Gasteiger partial charge in [0, 0.05) is 13.1 Å². The zero-order valence-electron chi connectivity index (χ0n) is 14.6. The summed E-state index contributed by atoms with van der Waals surface area (Å²) in [6.45, 7) is 1.92. The molecule has 6 nitrogen and oxygen atoms in total. The quantitative estimate of drug-likeness (QED) is 0.748. The van der Waals surface area contributed by atoms with Crippen LogP contribution in [0.15, 0.2) is 58.3 Å². The maximum atomic E-state index is 12.6. The van der Waals surface area contributed by atoms with Crippen LogP contribution in [-0.2, 0) is 26.3 Å². The van der Waals surface area contributed by atoms with E-state index in [-0.39, 0.29) is 22.9 Å². The SMILES string of the molecule is CCc1ccc(S(=O)(=O)N2CC(S(=O)(=O)c3ccc(OC)cc3)C2)cc1. The highest BCUT2D eigenvalue weighted by Gasteiger charge is 2.44. The molecule has 0 unspecified atom stereocenters. The van der Waals surface area contributed by atoms with Crippen molar-refractivity contribution in [2.24, 2.45) is 0 Å². The summed E-state index contributed by atoms with van der Waals surface area (Å²) >= 11 is 0. The summed E-state index contributed by atoms with van der Waals surface area (Å²) in [6.07, 6.45) is 0.826. The first-order valence-corrected chi connectivity index (χ1v) is 11.2. The zero-order chi connectivity index (χ0) is 18.9. The number of benzene rings is 2. The Morgan fingerprint density at radius 3 is 1.96 bits per heavy atom.